The minimum Gasteiger partial charge on any atom is -0.508 e. The summed E-state index contributed by atoms with van der Waals surface area (Å²) >= 11 is 7.95. The summed E-state index contributed by atoms with van der Waals surface area (Å²) in [7, 11) is 0. The zero-order valence-electron chi connectivity index (χ0n) is 19.2. The number of aromatic hydroxyl groups is 2. The van der Waals surface area contributed by atoms with Crippen molar-refractivity contribution in [3.8, 4) is 27.7 Å². The molecule has 0 spiro atoms. The van der Waals surface area contributed by atoms with Gasteiger partial charge >= 0.3 is 0 Å². The first-order chi connectivity index (χ1) is 17.0. The number of nitrogens with zero attached hydrogens (tertiary/aromatic N) is 1. The Morgan fingerprint density at radius 2 is 1.69 bits per heavy atom. The topological polar surface area (TPSA) is 70.0 Å². The van der Waals surface area contributed by atoms with Gasteiger partial charge in [-0.3, -0.25) is 9.69 Å². The van der Waals surface area contributed by atoms with E-state index in [1.54, 1.807) is 60.7 Å². The molecular formula is C28H26ClNO4S. The lowest BCUT2D eigenvalue weighted by molar-refractivity contribution is 0.104. The first-order valence-electron chi connectivity index (χ1n) is 11.7. The second kappa shape index (κ2) is 10.3. The largest absolute Gasteiger partial charge is 0.508 e. The monoisotopic (exact) mass is 507 g/mol. The molecule has 7 heteroatoms. The number of piperidine rings is 1. The first-order valence-corrected chi connectivity index (χ1v) is 12.9. The van der Waals surface area contributed by atoms with Crippen molar-refractivity contribution in [2.75, 3.05) is 26.2 Å². The summed E-state index contributed by atoms with van der Waals surface area (Å²) in [6.07, 6.45) is 3.77. The van der Waals surface area contributed by atoms with Crippen molar-refractivity contribution in [3.05, 3.63) is 76.8 Å². The molecule has 0 aliphatic carbocycles. The molecule has 1 aliphatic rings. The molecule has 35 heavy (non-hydrogen) atoms. The average molecular weight is 508 g/mol. The number of ketones is 1. The fraction of sp³-hybridized carbons (Fsp3) is 0.250. The molecule has 0 amide bonds. The highest BCUT2D eigenvalue weighted by Crippen LogP contribution is 2.42. The molecule has 0 radical (unpaired) electrons. The number of hydrogen-bond acceptors (Lipinski definition) is 6. The van der Waals surface area contributed by atoms with Gasteiger partial charge in [0.25, 0.3) is 0 Å². The lowest BCUT2D eigenvalue weighted by Crippen LogP contribution is -2.33. The van der Waals surface area contributed by atoms with Crippen LogP contribution in [0.25, 0.3) is 20.5 Å². The molecule has 3 aromatic carbocycles. The van der Waals surface area contributed by atoms with Crippen LogP contribution < -0.4 is 4.74 Å². The van der Waals surface area contributed by atoms with E-state index < -0.39 is 0 Å². The van der Waals surface area contributed by atoms with Crippen LogP contribution in [0.3, 0.4) is 0 Å². The van der Waals surface area contributed by atoms with Crippen molar-refractivity contribution in [2.24, 2.45) is 0 Å². The van der Waals surface area contributed by atoms with E-state index in [9.17, 15) is 15.0 Å². The van der Waals surface area contributed by atoms with Gasteiger partial charge in [-0.25, -0.2) is 0 Å². The first kappa shape index (κ1) is 23.7. The van der Waals surface area contributed by atoms with Gasteiger partial charge in [0.2, 0.25) is 0 Å². The van der Waals surface area contributed by atoms with E-state index in [4.69, 9.17) is 16.3 Å². The Morgan fingerprint density at radius 1 is 0.943 bits per heavy atom. The van der Waals surface area contributed by atoms with Gasteiger partial charge in [-0.15, -0.1) is 11.3 Å². The third kappa shape index (κ3) is 5.15. The normalized spacial score (nSPS) is 14.3. The Hall–Kier alpha value is -3.06. The molecule has 1 aliphatic heterocycles. The van der Waals surface area contributed by atoms with Gasteiger partial charge in [0.15, 0.2) is 5.78 Å². The van der Waals surface area contributed by atoms with E-state index in [1.807, 2.05) is 0 Å². The summed E-state index contributed by atoms with van der Waals surface area (Å²) in [5.74, 6) is 0.706. The van der Waals surface area contributed by atoms with Crippen molar-refractivity contribution in [1.29, 1.82) is 0 Å². The molecule has 4 aromatic rings. The molecule has 0 unspecified atom stereocenters. The standard InChI is InChI=1S/C28H26ClNO4S/c29-23-16-19(6-11-24(23)34-15-14-30-12-2-1-3-13-30)27(33)26-22-10-9-21(32)17-25(22)35-28(26)18-4-7-20(31)8-5-18/h4-11,16-17,31-32H,1-3,12-15H2. The highest BCUT2D eigenvalue weighted by atomic mass is 35.5. The molecule has 2 heterocycles. The lowest BCUT2D eigenvalue weighted by Gasteiger charge is -2.26. The smallest absolute Gasteiger partial charge is 0.195 e. The summed E-state index contributed by atoms with van der Waals surface area (Å²) in [5.41, 5.74) is 1.83. The van der Waals surface area contributed by atoms with Crippen LogP contribution in [0.1, 0.15) is 35.2 Å². The molecule has 5 nitrogen and oxygen atoms in total. The number of ether oxygens (including phenoxy) is 1. The molecule has 1 saturated heterocycles. The second-order valence-corrected chi connectivity index (χ2v) is 10.2. The van der Waals surface area contributed by atoms with Crippen molar-refractivity contribution in [1.82, 2.24) is 4.90 Å². The predicted molar refractivity (Wildman–Crippen MR) is 141 cm³/mol. The minimum absolute atomic E-state index is 0.143. The van der Waals surface area contributed by atoms with Crippen LogP contribution in [0.5, 0.6) is 17.2 Å². The number of carbonyl (C=O) groups excluding carboxylic acids is 1. The lowest BCUT2D eigenvalue weighted by atomic mass is 9.97. The number of thiophene rings is 1. The van der Waals surface area contributed by atoms with Gasteiger partial charge in [0, 0.05) is 32.6 Å². The Morgan fingerprint density at radius 3 is 2.43 bits per heavy atom. The number of rotatable bonds is 7. The van der Waals surface area contributed by atoms with Crippen LogP contribution in [0, 0.1) is 0 Å². The minimum atomic E-state index is -0.160. The average Bonchev–Trinajstić information content (AvgIpc) is 3.24. The predicted octanol–water partition coefficient (Wildman–Crippen LogP) is 6.73. The number of likely N-dealkylation sites (tertiary alicyclic amines) is 1. The van der Waals surface area contributed by atoms with Gasteiger partial charge in [-0.05, 0) is 92.2 Å². The SMILES string of the molecule is O=C(c1ccc(OCCN2CCCCC2)c(Cl)c1)c1c(-c2ccc(O)cc2)sc2cc(O)ccc12. The Labute approximate surface area is 213 Å². The maximum Gasteiger partial charge on any atom is 0.195 e. The highest BCUT2D eigenvalue weighted by molar-refractivity contribution is 7.22. The highest BCUT2D eigenvalue weighted by Gasteiger charge is 2.23. The van der Waals surface area contributed by atoms with Crippen LogP contribution in [0.15, 0.2) is 60.7 Å². The molecule has 0 atom stereocenters. The van der Waals surface area contributed by atoms with Gasteiger partial charge in [-0.2, -0.15) is 0 Å². The van der Waals surface area contributed by atoms with Crippen LogP contribution >= 0.6 is 22.9 Å². The van der Waals surface area contributed by atoms with Gasteiger partial charge in [-0.1, -0.05) is 18.0 Å². The van der Waals surface area contributed by atoms with Crippen molar-refractivity contribution in [3.63, 3.8) is 0 Å². The van der Waals surface area contributed by atoms with Crippen LogP contribution in [0.2, 0.25) is 5.02 Å². The number of halogens is 1. The van der Waals surface area contributed by atoms with E-state index in [2.05, 4.69) is 4.90 Å². The van der Waals surface area contributed by atoms with Crippen molar-refractivity contribution >= 4 is 38.8 Å². The van der Waals surface area contributed by atoms with E-state index in [0.29, 0.717) is 28.5 Å². The Balaban J connectivity index is 1.43. The number of benzene rings is 3. The zero-order valence-corrected chi connectivity index (χ0v) is 20.7. The zero-order chi connectivity index (χ0) is 24.4. The fourth-order valence-corrected chi connectivity index (χ4v) is 5.97. The number of carbonyl (C=O) groups is 1. The maximum absolute atomic E-state index is 13.7. The Bertz CT molecular complexity index is 1360. The third-order valence-corrected chi connectivity index (χ3v) is 7.84. The molecule has 1 fully saturated rings. The fourth-order valence-electron chi connectivity index (χ4n) is 4.50. The maximum atomic E-state index is 13.7. The van der Waals surface area contributed by atoms with Crippen molar-refractivity contribution < 1.29 is 19.7 Å². The van der Waals surface area contributed by atoms with Crippen molar-refractivity contribution in [2.45, 2.75) is 19.3 Å². The number of hydrogen-bond donors (Lipinski definition) is 2. The molecule has 5 rings (SSSR count). The summed E-state index contributed by atoms with van der Waals surface area (Å²) in [6.45, 7) is 3.64. The third-order valence-electron chi connectivity index (χ3n) is 6.34. The van der Waals surface area contributed by atoms with Gasteiger partial charge in [0.1, 0.15) is 23.9 Å². The van der Waals surface area contributed by atoms with E-state index in [-0.39, 0.29) is 17.3 Å². The second-order valence-electron chi connectivity index (χ2n) is 8.76. The van der Waals surface area contributed by atoms with E-state index >= 15 is 0 Å². The Kier molecular flexibility index (Phi) is 6.95. The molecule has 180 valence electrons. The molecule has 1 aromatic heterocycles. The van der Waals surface area contributed by atoms with Gasteiger partial charge in [0.05, 0.1) is 5.02 Å². The van der Waals surface area contributed by atoms with Crippen LogP contribution in [0.4, 0.5) is 0 Å². The summed E-state index contributed by atoms with van der Waals surface area (Å²) < 4.78 is 6.72. The molecular weight excluding hydrogens is 482 g/mol. The summed E-state index contributed by atoms with van der Waals surface area (Å²) in [5, 5.41) is 20.8. The van der Waals surface area contributed by atoms with Crippen LogP contribution in [-0.2, 0) is 0 Å². The number of phenolic OH excluding ortho intramolecular Hbond substituents is 2. The summed E-state index contributed by atoms with van der Waals surface area (Å²) in [4.78, 5) is 16.9. The van der Waals surface area contributed by atoms with E-state index in [1.165, 1.54) is 30.6 Å². The van der Waals surface area contributed by atoms with E-state index in [0.717, 1.165) is 40.2 Å². The quantitative estimate of drug-likeness (QED) is 0.271. The van der Waals surface area contributed by atoms with Crippen LogP contribution in [-0.4, -0.2) is 47.1 Å². The molecule has 2 N–H and O–H groups in total. The number of fused-ring (bicyclic) bond motifs is 1. The summed E-state index contributed by atoms with van der Waals surface area (Å²) in [6, 6.07) is 16.9. The molecule has 0 bridgehead atoms. The van der Waals surface area contributed by atoms with Gasteiger partial charge < -0.3 is 14.9 Å². The number of phenols is 2. The molecule has 0 saturated carbocycles.